The quantitative estimate of drug-likeness (QED) is 0.175. The molecule has 238 valence electrons. The van der Waals surface area contributed by atoms with Crippen LogP contribution in [0.3, 0.4) is 0 Å². The van der Waals surface area contributed by atoms with Gasteiger partial charge in [-0.25, -0.2) is 0 Å². The summed E-state index contributed by atoms with van der Waals surface area (Å²) in [6, 6.07) is 28.7. The first kappa shape index (κ1) is 33.3. The van der Waals surface area contributed by atoms with E-state index in [2.05, 4.69) is 178 Å². The van der Waals surface area contributed by atoms with Crippen molar-refractivity contribution in [2.45, 2.75) is 73.6 Å². The molecule has 2 heteroatoms. The van der Waals surface area contributed by atoms with Crippen molar-refractivity contribution in [2.75, 3.05) is 0 Å². The second-order valence-corrected chi connectivity index (χ2v) is 18.7. The highest BCUT2D eigenvalue weighted by Gasteiger charge is 2.33. The predicted molar refractivity (Wildman–Crippen MR) is 212 cm³/mol. The van der Waals surface area contributed by atoms with Gasteiger partial charge < -0.3 is 0 Å². The van der Waals surface area contributed by atoms with Crippen LogP contribution in [0.1, 0.15) is 51.4 Å². The fraction of sp³-hybridized carbons (Fsp3) is 0.244. The van der Waals surface area contributed by atoms with Crippen molar-refractivity contribution in [1.29, 1.82) is 0 Å². The lowest BCUT2D eigenvalue weighted by Crippen LogP contribution is -2.26. The Morgan fingerprint density at radius 1 is 0.468 bits per heavy atom. The summed E-state index contributed by atoms with van der Waals surface area (Å²) in [7, 11) is -1.35. The summed E-state index contributed by atoms with van der Waals surface area (Å²) in [5.41, 5.74) is 15.7. The molecule has 2 aliphatic rings. The average Bonchev–Trinajstić information content (AvgIpc) is 3.46. The van der Waals surface area contributed by atoms with Crippen molar-refractivity contribution in [3.63, 3.8) is 0 Å². The van der Waals surface area contributed by atoms with Gasteiger partial charge in [-0.05, 0) is 109 Å². The van der Waals surface area contributed by atoms with Crippen molar-refractivity contribution in [1.82, 2.24) is 0 Å². The molecule has 1 unspecified atom stereocenters. The number of allylic oxidation sites excluding steroid dienone is 10. The van der Waals surface area contributed by atoms with E-state index < -0.39 is 15.8 Å². The molecule has 0 saturated carbocycles. The van der Waals surface area contributed by atoms with Crippen molar-refractivity contribution in [3.05, 3.63) is 177 Å². The van der Waals surface area contributed by atoms with Gasteiger partial charge >= 0.3 is 0 Å². The second-order valence-electron chi connectivity index (χ2n) is 13.8. The van der Waals surface area contributed by atoms with Gasteiger partial charge in [-0.15, -0.1) is 0 Å². The fourth-order valence-electron chi connectivity index (χ4n) is 7.63. The molecule has 6 rings (SSSR count). The maximum Gasteiger partial charge on any atom is 0.0310 e. The Morgan fingerprint density at radius 3 is 1.30 bits per heavy atom. The predicted octanol–water partition coefficient (Wildman–Crippen LogP) is 10.4. The SMILES string of the molecule is Cc1cc(C)cc(P(c2cc(C)cc(C)c2)C2C=CC=C/C2=C2/C=CC=C2[C@H](C)P(c2cc(C)cc(C)c2)c2cc(C)cc(C)c2)c1. The van der Waals surface area contributed by atoms with Gasteiger partial charge in [0.05, 0.1) is 0 Å². The summed E-state index contributed by atoms with van der Waals surface area (Å²) in [5, 5.41) is 5.85. The Hall–Kier alpha value is -3.56. The third-order valence-electron chi connectivity index (χ3n) is 9.21. The Labute approximate surface area is 286 Å². The minimum atomic E-state index is -0.700. The van der Waals surface area contributed by atoms with E-state index in [1.165, 1.54) is 82.4 Å². The fourth-order valence-corrected chi connectivity index (χ4v) is 13.8. The summed E-state index contributed by atoms with van der Waals surface area (Å²) in [6.45, 7) is 20.4. The van der Waals surface area contributed by atoms with Crippen LogP contribution < -0.4 is 21.2 Å². The lowest BCUT2D eigenvalue weighted by molar-refractivity contribution is 1.12. The highest BCUT2D eigenvalue weighted by atomic mass is 31.1. The molecular formula is C45H48P2. The van der Waals surface area contributed by atoms with Gasteiger partial charge in [0.15, 0.2) is 0 Å². The zero-order chi connectivity index (χ0) is 33.4. The van der Waals surface area contributed by atoms with Gasteiger partial charge in [0, 0.05) is 11.3 Å². The molecule has 0 amide bonds. The van der Waals surface area contributed by atoms with Gasteiger partial charge in [0.1, 0.15) is 0 Å². The summed E-state index contributed by atoms with van der Waals surface area (Å²) in [4.78, 5) is 0. The molecule has 2 aliphatic carbocycles. The number of benzene rings is 4. The molecule has 0 spiro atoms. The van der Waals surface area contributed by atoms with E-state index in [9.17, 15) is 0 Å². The van der Waals surface area contributed by atoms with Crippen LogP contribution in [0.5, 0.6) is 0 Å². The molecule has 4 aromatic rings. The topological polar surface area (TPSA) is 0 Å². The van der Waals surface area contributed by atoms with E-state index in [0.717, 1.165) is 0 Å². The molecule has 47 heavy (non-hydrogen) atoms. The first-order valence-electron chi connectivity index (χ1n) is 16.9. The molecule has 0 saturated heterocycles. The zero-order valence-corrected chi connectivity index (χ0v) is 31.3. The molecule has 0 bridgehead atoms. The summed E-state index contributed by atoms with van der Waals surface area (Å²) in [5.74, 6) is 0. The van der Waals surface area contributed by atoms with Crippen LogP contribution in [0, 0.1) is 55.4 Å². The summed E-state index contributed by atoms with van der Waals surface area (Å²) >= 11 is 0. The van der Waals surface area contributed by atoms with Crippen molar-refractivity contribution < 1.29 is 0 Å². The van der Waals surface area contributed by atoms with Crippen LogP contribution in [-0.2, 0) is 0 Å². The van der Waals surface area contributed by atoms with Crippen molar-refractivity contribution in [3.8, 4) is 0 Å². The van der Waals surface area contributed by atoms with E-state index >= 15 is 0 Å². The lowest BCUT2D eigenvalue weighted by atomic mass is 9.95. The van der Waals surface area contributed by atoms with Crippen molar-refractivity contribution in [2.24, 2.45) is 0 Å². The van der Waals surface area contributed by atoms with Crippen LogP contribution in [-0.4, -0.2) is 11.3 Å². The minimum Gasteiger partial charge on any atom is -0.0721 e. The molecule has 0 nitrogen and oxygen atoms in total. The maximum atomic E-state index is 2.48. The second kappa shape index (κ2) is 13.9. The molecule has 0 N–H and O–H groups in total. The molecule has 0 aliphatic heterocycles. The molecule has 2 atom stereocenters. The number of rotatable bonds is 7. The Morgan fingerprint density at radius 2 is 0.872 bits per heavy atom. The van der Waals surface area contributed by atoms with Crippen LogP contribution in [0.4, 0.5) is 0 Å². The van der Waals surface area contributed by atoms with E-state index in [1.807, 2.05) is 0 Å². The molecule has 0 aromatic heterocycles. The van der Waals surface area contributed by atoms with E-state index in [1.54, 1.807) is 0 Å². The van der Waals surface area contributed by atoms with E-state index in [-0.39, 0.29) is 5.66 Å². The first-order valence-corrected chi connectivity index (χ1v) is 19.7. The van der Waals surface area contributed by atoms with E-state index in [0.29, 0.717) is 5.66 Å². The summed E-state index contributed by atoms with van der Waals surface area (Å²) < 4.78 is 0. The van der Waals surface area contributed by atoms with Gasteiger partial charge in [-0.3, -0.25) is 0 Å². The number of hydrogen-bond donors (Lipinski definition) is 0. The highest BCUT2D eigenvalue weighted by molar-refractivity contribution is 7.74. The third-order valence-corrected chi connectivity index (χ3v) is 14.5. The van der Waals surface area contributed by atoms with Crippen LogP contribution >= 0.6 is 15.8 Å². The average molecular weight is 651 g/mol. The molecule has 0 radical (unpaired) electrons. The van der Waals surface area contributed by atoms with Crippen molar-refractivity contribution >= 4 is 37.1 Å². The van der Waals surface area contributed by atoms with Gasteiger partial charge in [-0.1, -0.05) is 167 Å². The highest BCUT2D eigenvalue weighted by Crippen LogP contribution is 2.51. The molecule has 0 heterocycles. The van der Waals surface area contributed by atoms with E-state index in [4.69, 9.17) is 0 Å². The smallest absolute Gasteiger partial charge is 0.0310 e. The molecular weight excluding hydrogens is 602 g/mol. The van der Waals surface area contributed by atoms with Gasteiger partial charge in [0.25, 0.3) is 0 Å². The largest absolute Gasteiger partial charge is 0.0721 e. The Bertz CT molecular complexity index is 1810. The van der Waals surface area contributed by atoms with Gasteiger partial charge in [-0.2, -0.15) is 0 Å². The third kappa shape index (κ3) is 7.31. The standard InChI is InChI=1S/C45H48P2/c1-29-17-30(2)22-38(21-29)46(39-23-31(3)18-32(4)24-39)37(9)42-14-12-15-43(42)44-13-10-11-16-45(44)47(40-25-33(5)19-34(6)26-40)41-27-35(7)20-36(8)28-41/h10-28,37,45H,1-9H3/b44-43+/t37-,45?/m0/s1. The van der Waals surface area contributed by atoms with Gasteiger partial charge in [0.2, 0.25) is 0 Å². The zero-order valence-electron chi connectivity index (χ0n) is 29.5. The molecule has 4 aromatic carbocycles. The lowest BCUT2D eigenvalue weighted by Gasteiger charge is -2.33. The Balaban J connectivity index is 1.51. The maximum absolute atomic E-state index is 2.48. The van der Waals surface area contributed by atoms with Crippen LogP contribution in [0.15, 0.2) is 132 Å². The Kier molecular flexibility index (Phi) is 9.85. The van der Waals surface area contributed by atoms with Crippen LogP contribution in [0.2, 0.25) is 0 Å². The number of aryl methyl sites for hydroxylation is 8. The summed E-state index contributed by atoms with van der Waals surface area (Å²) in [6.07, 6.45) is 16.5. The molecule has 0 fully saturated rings. The first-order chi connectivity index (χ1) is 22.5. The minimum absolute atomic E-state index is 0.277. The monoisotopic (exact) mass is 650 g/mol. The van der Waals surface area contributed by atoms with Crippen LogP contribution in [0.25, 0.3) is 0 Å². The normalized spacial score (nSPS) is 18.0. The number of hydrogen-bond acceptors (Lipinski definition) is 0.